The van der Waals surface area contributed by atoms with E-state index in [0.717, 1.165) is 72.8 Å². The number of carboxylic acids is 1. The zero-order valence-electron chi connectivity index (χ0n) is 71.9. The van der Waals surface area contributed by atoms with Crippen molar-refractivity contribution in [3.8, 4) is 74.4 Å². The number of hydrogen-bond acceptors (Lipinski definition) is 38. The highest BCUT2D eigenvalue weighted by Gasteiger charge is 2.53. The van der Waals surface area contributed by atoms with Gasteiger partial charge in [0, 0.05) is 60.2 Å². The number of rotatable bonds is 18. The maximum absolute atomic E-state index is 16.8. The van der Waals surface area contributed by atoms with Gasteiger partial charge in [0.05, 0.1) is 48.8 Å². The second-order valence-electron chi connectivity index (χ2n) is 33.9. The maximum atomic E-state index is 16.8. The van der Waals surface area contributed by atoms with Crippen molar-refractivity contribution >= 4 is 53.0 Å². The Kier molecular flexibility index (Phi) is 29.6. The van der Waals surface area contributed by atoms with Crippen LogP contribution in [0.1, 0.15) is 109 Å². The first kappa shape index (κ1) is 98.0. The summed E-state index contributed by atoms with van der Waals surface area (Å²) in [7, 11) is 1.34. The number of amides is 6. The Balaban J connectivity index is 0.960. The number of nitrogens with two attached hydrogens (primary N) is 2. The van der Waals surface area contributed by atoms with Crippen LogP contribution in [0.25, 0.3) is 11.1 Å². The summed E-state index contributed by atoms with van der Waals surface area (Å²) in [5.74, 6) is -16.1. The number of aliphatic hydroxyl groups is 12. The molecule has 10 heterocycles. The number of aromatic hydroxyl groups is 4. The number of halogens is 1. The number of fused-ring (bicyclic) bond motifs is 15. The van der Waals surface area contributed by atoms with Crippen molar-refractivity contribution in [1.29, 1.82) is 0 Å². The molecule has 7 aromatic carbocycles. The molecule has 45 nitrogen and oxygen atoms in total. The largest absolute Gasteiger partial charge is 0.508 e. The summed E-state index contributed by atoms with van der Waals surface area (Å²) >= 11 is 7.44. The van der Waals surface area contributed by atoms with Gasteiger partial charge in [0.15, 0.2) is 36.2 Å². The number of benzene rings is 7. The van der Waals surface area contributed by atoms with Crippen LogP contribution in [-0.2, 0) is 73.1 Å². The molecule has 0 aromatic heterocycles. The SMILES string of the molecule is CN[C@H](C(=O)N[C@H]1C(=O)N[C@@H](c2ccc(O)cc2)C(=O)N[C@H]2C(=O)N[C@H]3C(=O)N[C@@H](Cc4cc(Cl)c(cc4O[C@H]4C[C@@H](N)[C@@H](O)[C@H](C)O4)Oc4cc2cc(c4O[C@@H]2O[C@H](CO)[C@@H](O)[C@H](O)[C@H]2O[C@H]2C[C@@H](N)[C@@H](O)[C@H](C)O2)Oc2ccc(cc2)[C@H]1O[C@@H]1O[C@@H](CO)[C@H](O)[C@@H](O)[C@H]1O)C(=O)N[C@@H](C(=O)O)c1cc(O)cc(O)c1-c1cc3ccc1O)c1ccc(O[C@@H]2O[C@@H](C)[C@H](O)[C@@H](O)[C@H]2O)cc1. The standard InChI is InChI=1S/C89H102ClN9O36/c1-31-67(106)47(91)26-58(124-31)130-52-28-53-46(90)20-38(52)21-49-80(116)98-65(86(122)123)45-24-41(103)25-51(105)60(45)44-19-37(11-18-50(44)104)63(82(118)94-49)96-84(120)64-39-22-54(78(55(23-39)129-53)135-89-79(74(113)71(110)57(30-101)132-89)133-59-27-48(92)68(107)32(2)125-59)127-42-16-9-36(10-17-42)77(134-88-76(115)73(112)70(109)56(29-100)131-88)66(85(121)95-62(83(119)97-64)35-5-12-40(102)13-6-35)99-81(117)61(93-4)34-7-14-43(15-8-34)128-87-75(114)72(111)69(108)33(3)126-87/h5-20,22-25,28,31-33,47-49,56-59,61-77,79,87-89,93,100-115H,21,26-27,29-30,91-92H2,1-4H3,(H,94,118)(H,95,121)(H,96,120)(H,97,119)(H,98,116)(H,99,117)(H,122,123)/t31-,32-,33-,47+,48+,49-,56-,57+,58-,59-,61-,62-,63+,64+,65+,66+,67-,68-,69-,70-,71+,72+,73+,74-,75+,76+,77+,79+,87-,88-,89-/m0/s1. The average molecular weight is 1910 g/mol. The number of phenolic OH excluding ortho intramolecular Hbond substituents is 4. The molecule has 46 heteroatoms. The molecule has 10 aliphatic rings. The summed E-state index contributed by atoms with van der Waals surface area (Å²) in [6.45, 7) is 2.30. The first-order valence-corrected chi connectivity index (χ1v) is 43.2. The summed E-state index contributed by atoms with van der Waals surface area (Å²) in [4.78, 5) is 111. The summed E-state index contributed by atoms with van der Waals surface area (Å²) < 4.78 is 76.2. The van der Waals surface area contributed by atoms with Crippen LogP contribution in [0.5, 0.6) is 63.2 Å². The molecule has 0 aliphatic carbocycles. The van der Waals surface area contributed by atoms with Gasteiger partial charge in [-0.1, -0.05) is 54.1 Å². The fraction of sp³-hybridized carbons (Fsp3) is 0.449. The van der Waals surface area contributed by atoms with Gasteiger partial charge in [-0.25, -0.2) is 4.79 Å². The van der Waals surface area contributed by atoms with E-state index in [2.05, 4.69) is 37.2 Å². The third-order valence-corrected chi connectivity index (χ3v) is 24.9. The highest BCUT2D eigenvalue weighted by atomic mass is 35.5. The van der Waals surface area contributed by atoms with Crippen LogP contribution in [0.4, 0.5) is 0 Å². The highest BCUT2D eigenvalue weighted by Crippen LogP contribution is 2.51. The van der Waals surface area contributed by atoms with Gasteiger partial charge in [0.2, 0.25) is 60.1 Å². The molecule has 17 rings (SSSR count). The maximum Gasteiger partial charge on any atom is 0.330 e. The van der Waals surface area contributed by atoms with E-state index in [-0.39, 0.29) is 57.9 Å². The number of carboxylic acid groups (broad SMARTS) is 1. The molecule has 7 aromatic rings. The molecule has 0 spiro atoms. The lowest BCUT2D eigenvalue weighted by Crippen LogP contribution is -2.62. The topological polar surface area (TPSA) is 710 Å². The van der Waals surface area contributed by atoms with Crippen molar-refractivity contribution in [2.45, 2.75) is 230 Å². The number of aliphatic carboxylic acids is 1. The molecule has 28 N–H and O–H groups in total. The fourth-order valence-corrected chi connectivity index (χ4v) is 17.4. The van der Waals surface area contributed by atoms with Crippen LogP contribution in [0.2, 0.25) is 5.02 Å². The van der Waals surface area contributed by atoms with Crippen LogP contribution >= 0.6 is 11.6 Å². The molecule has 0 unspecified atom stereocenters. The van der Waals surface area contributed by atoms with E-state index < -0.39 is 324 Å². The minimum Gasteiger partial charge on any atom is -0.508 e. The predicted molar refractivity (Wildman–Crippen MR) is 457 cm³/mol. The van der Waals surface area contributed by atoms with Crippen LogP contribution in [0, 0.1) is 0 Å². The molecule has 31 atom stereocenters. The van der Waals surface area contributed by atoms with Gasteiger partial charge in [-0.15, -0.1) is 0 Å². The van der Waals surface area contributed by atoms with E-state index in [1.54, 1.807) is 0 Å². The van der Waals surface area contributed by atoms with Gasteiger partial charge < -0.3 is 192 Å². The smallest absolute Gasteiger partial charge is 0.330 e. The fourth-order valence-electron chi connectivity index (χ4n) is 17.1. The number of aliphatic hydroxyl groups excluding tert-OH is 12. The molecule has 0 radical (unpaired) electrons. The summed E-state index contributed by atoms with van der Waals surface area (Å²) in [5, 5.41) is 208. The van der Waals surface area contributed by atoms with Crippen LogP contribution in [0.3, 0.4) is 0 Å². The van der Waals surface area contributed by atoms with Crippen LogP contribution < -0.4 is 72.4 Å². The Morgan fingerprint density at radius 3 is 1.70 bits per heavy atom. The predicted octanol–water partition coefficient (Wildman–Crippen LogP) is -2.67. The Morgan fingerprint density at radius 1 is 0.504 bits per heavy atom. The summed E-state index contributed by atoms with van der Waals surface area (Å²) in [5.41, 5.74) is 9.85. The molecule has 5 saturated heterocycles. The van der Waals surface area contributed by atoms with Crippen molar-refractivity contribution in [3.05, 3.63) is 171 Å². The summed E-state index contributed by atoms with van der Waals surface area (Å²) in [6.07, 6.45) is -38.8. The van der Waals surface area contributed by atoms with Crippen molar-refractivity contribution in [2.24, 2.45) is 11.5 Å². The number of ether oxygens (including phenoxy) is 12. The van der Waals surface area contributed by atoms with Crippen molar-refractivity contribution < 1.29 is 177 Å². The van der Waals surface area contributed by atoms with Gasteiger partial charge in [0.1, 0.15) is 149 Å². The third-order valence-electron chi connectivity index (χ3n) is 24.6. The molecule has 11 bridgehead atoms. The number of carbonyl (C=O) groups excluding carboxylic acids is 6. The van der Waals surface area contributed by atoms with Crippen LogP contribution in [-0.4, -0.2) is 302 Å². The first-order chi connectivity index (χ1) is 64.3. The van der Waals surface area contributed by atoms with E-state index in [0.29, 0.717) is 0 Å². The number of phenols is 4. The number of hydrogen-bond donors (Lipinski definition) is 26. The normalized spacial score (nSPS) is 33.6. The van der Waals surface area contributed by atoms with Crippen molar-refractivity contribution in [1.82, 2.24) is 37.2 Å². The lowest BCUT2D eigenvalue weighted by Gasteiger charge is -2.44. The minimum atomic E-state index is -2.45. The van der Waals surface area contributed by atoms with E-state index in [1.807, 2.05) is 0 Å². The van der Waals surface area contributed by atoms with Crippen molar-refractivity contribution in [3.63, 3.8) is 0 Å². The van der Waals surface area contributed by atoms with Crippen LogP contribution in [0.15, 0.2) is 127 Å². The number of likely N-dealkylation sites (N-methyl/N-ethyl adjacent to an activating group) is 1. The zero-order valence-corrected chi connectivity index (χ0v) is 72.7. The number of carbonyl (C=O) groups is 7. The quantitative estimate of drug-likeness (QED) is 0.0417. The molecule has 6 amide bonds. The lowest BCUT2D eigenvalue weighted by molar-refractivity contribution is -0.330. The van der Waals surface area contributed by atoms with Gasteiger partial charge in [0.25, 0.3) is 0 Å². The molecule has 5 fully saturated rings. The molecule has 135 heavy (non-hydrogen) atoms. The van der Waals surface area contributed by atoms with Gasteiger partial charge in [-0.05, 0) is 134 Å². The van der Waals surface area contributed by atoms with Crippen molar-refractivity contribution in [2.75, 3.05) is 20.3 Å². The van der Waals surface area contributed by atoms with E-state index >= 15 is 28.8 Å². The zero-order chi connectivity index (χ0) is 96.9. The number of nitrogens with one attached hydrogen (secondary N) is 7. The second-order valence-corrected chi connectivity index (χ2v) is 34.3. The first-order valence-electron chi connectivity index (χ1n) is 42.9. The Bertz CT molecular complexity index is 5500. The lowest BCUT2D eigenvalue weighted by atomic mass is 9.89. The highest BCUT2D eigenvalue weighted by molar-refractivity contribution is 6.32. The van der Waals surface area contributed by atoms with E-state index in [9.17, 15) is 91.6 Å². The van der Waals surface area contributed by atoms with Gasteiger partial charge in [-0.3, -0.25) is 28.8 Å². The molecular formula is C89H102ClN9O36. The second kappa shape index (κ2) is 40.8. The van der Waals surface area contributed by atoms with E-state index in [4.69, 9.17) is 79.9 Å². The minimum absolute atomic E-state index is 0.00345. The molecular weight excluding hydrogens is 1810 g/mol. The van der Waals surface area contributed by atoms with Gasteiger partial charge in [-0.2, -0.15) is 0 Å². The molecule has 0 saturated carbocycles. The molecule has 726 valence electrons. The molecule has 10 aliphatic heterocycles. The Hall–Kier alpha value is -11.6. The average Bonchev–Trinajstić information content (AvgIpc) is 0.741. The summed E-state index contributed by atoms with van der Waals surface area (Å²) in [6, 6.07) is 6.55. The third kappa shape index (κ3) is 20.6. The Morgan fingerprint density at radius 2 is 1.07 bits per heavy atom. The van der Waals surface area contributed by atoms with Gasteiger partial charge >= 0.3 is 5.97 Å². The van der Waals surface area contributed by atoms with E-state index in [1.165, 1.54) is 82.4 Å². The monoisotopic (exact) mass is 1910 g/mol. The Labute approximate surface area is 771 Å².